The number of non-ortho nitro benzene ring substituents is 1. The van der Waals surface area contributed by atoms with Gasteiger partial charge in [0.05, 0.1) is 32.5 Å². The number of hydrogen-bond acceptors (Lipinski definition) is 6. The third-order valence-electron chi connectivity index (χ3n) is 2.74. The first kappa shape index (κ1) is 15.2. The van der Waals surface area contributed by atoms with E-state index >= 15 is 0 Å². The molecule has 0 saturated carbocycles. The monoisotopic (exact) mass is 327 g/mol. The highest BCUT2D eigenvalue weighted by atomic mass is 35.5. The van der Waals surface area contributed by atoms with Crippen LogP contribution in [0.4, 0.5) is 11.4 Å². The van der Waals surface area contributed by atoms with E-state index in [9.17, 15) is 18.5 Å². The van der Waals surface area contributed by atoms with Crippen LogP contribution in [0.1, 0.15) is 5.56 Å². The minimum atomic E-state index is -3.72. The highest BCUT2D eigenvalue weighted by molar-refractivity contribution is 7.90. The van der Waals surface area contributed by atoms with Crippen molar-refractivity contribution in [3.8, 4) is 0 Å². The number of hydrogen-bond donors (Lipinski definition) is 1. The Morgan fingerprint density at radius 2 is 2.05 bits per heavy atom. The first-order valence-corrected chi connectivity index (χ1v) is 7.69. The van der Waals surface area contributed by atoms with Gasteiger partial charge in [-0.3, -0.25) is 15.1 Å². The number of rotatable bonds is 4. The van der Waals surface area contributed by atoms with E-state index in [1.54, 1.807) is 0 Å². The molecule has 0 atom stereocenters. The fourth-order valence-corrected chi connectivity index (χ4v) is 3.54. The van der Waals surface area contributed by atoms with Gasteiger partial charge in [-0.2, -0.15) is 0 Å². The van der Waals surface area contributed by atoms with Crippen molar-refractivity contribution in [2.75, 3.05) is 5.73 Å². The van der Waals surface area contributed by atoms with Gasteiger partial charge in [-0.1, -0.05) is 11.6 Å². The Balaban J connectivity index is 2.38. The summed E-state index contributed by atoms with van der Waals surface area (Å²) in [6, 6.07) is 4.92. The van der Waals surface area contributed by atoms with Crippen molar-refractivity contribution < 1.29 is 13.3 Å². The van der Waals surface area contributed by atoms with Gasteiger partial charge in [-0.05, 0) is 17.7 Å². The van der Waals surface area contributed by atoms with Crippen LogP contribution in [-0.4, -0.2) is 18.3 Å². The number of pyridine rings is 1. The number of nitrogen functional groups attached to an aromatic ring is 1. The van der Waals surface area contributed by atoms with Crippen LogP contribution < -0.4 is 5.73 Å². The summed E-state index contributed by atoms with van der Waals surface area (Å²) < 4.78 is 24.6. The van der Waals surface area contributed by atoms with Gasteiger partial charge in [0, 0.05) is 18.3 Å². The maximum Gasteiger partial charge on any atom is 0.270 e. The number of nitro benzene ring substituents is 1. The molecule has 0 aliphatic heterocycles. The van der Waals surface area contributed by atoms with Crippen molar-refractivity contribution in [2.24, 2.45) is 0 Å². The van der Waals surface area contributed by atoms with Crippen LogP contribution in [0.25, 0.3) is 0 Å². The fourth-order valence-electron chi connectivity index (χ4n) is 1.73. The van der Waals surface area contributed by atoms with E-state index in [1.165, 1.54) is 30.6 Å². The topological polar surface area (TPSA) is 116 Å². The van der Waals surface area contributed by atoms with Crippen molar-refractivity contribution in [3.05, 3.63) is 57.4 Å². The largest absolute Gasteiger partial charge is 0.396 e. The Morgan fingerprint density at radius 1 is 1.33 bits per heavy atom. The van der Waals surface area contributed by atoms with Crippen molar-refractivity contribution in [2.45, 2.75) is 10.6 Å². The molecule has 2 rings (SSSR count). The van der Waals surface area contributed by atoms with Gasteiger partial charge in [-0.15, -0.1) is 0 Å². The lowest BCUT2D eigenvalue weighted by Crippen LogP contribution is -2.08. The zero-order valence-corrected chi connectivity index (χ0v) is 12.1. The molecular formula is C12H10ClN3O4S. The van der Waals surface area contributed by atoms with Crippen LogP contribution in [0.15, 0.2) is 41.6 Å². The summed E-state index contributed by atoms with van der Waals surface area (Å²) in [4.78, 5) is 13.7. The standard InChI is InChI=1S/C12H10ClN3O4S/c13-10-5-9(16(17)18)2-1-8(10)7-21(19,20)12-3-4-15-6-11(12)14/h1-6H,7,14H2. The lowest BCUT2D eigenvalue weighted by molar-refractivity contribution is -0.384. The van der Waals surface area contributed by atoms with Crippen molar-refractivity contribution in [3.63, 3.8) is 0 Å². The van der Waals surface area contributed by atoms with Crippen molar-refractivity contribution >= 4 is 32.8 Å². The molecule has 0 saturated heterocycles. The van der Waals surface area contributed by atoms with Crippen LogP contribution >= 0.6 is 11.6 Å². The highest BCUT2D eigenvalue weighted by Gasteiger charge is 2.20. The third-order valence-corrected chi connectivity index (χ3v) is 4.82. The molecule has 9 heteroatoms. The van der Waals surface area contributed by atoms with E-state index in [1.807, 2.05) is 0 Å². The summed E-state index contributed by atoms with van der Waals surface area (Å²) >= 11 is 5.89. The third kappa shape index (κ3) is 3.29. The molecule has 1 aromatic heterocycles. The van der Waals surface area contributed by atoms with E-state index in [4.69, 9.17) is 17.3 Å². The maximum absolute atomic E-state index is 12.3. The molecule has 1 heterocycles. The molecule has 0 aliphatic carbocycles. The lowest BCUT2D eigenvalue weighted by atomic mass is 10.2. The predicted molar refractivity (Wildman–Crippen MR) is 77.6 cm³/mol. The zero-order valence-electron chi connectivity index (χ0n) is 10.6. The average Bonchev–Trinajstić information content (AvgIpc) is 2.41. The van der Waals surface area contributed by atoms with Gasteiger partial charge in [0.25, 0.3) is 5.69 Å². The minimum Gasteiger partial charge on any atom is -0.396 e. The van der Waals surface area contributed by atoms with Crippen molar-refractivity contribution in [1.82, 2.24) is 4.98 Å². The van der Waals surface area contributed by atoms with Crippen LogP contribution in [0.2, 0.25) is 5.02 Å². The zero-order chi connectivity index (χ0) is 15.6. The molecule has 21 heavy (non-hydrogen) atoms. The summed E-state index contributed by atoms with van der Waals surface area (Å²) in [5.41, 5.74) is 5.69. The smallest absolute Gasteiger partial charge is 0.270 e. The van der Waals surface area contributed by atoms with Gasteiger partial charge in [0.2, 0.25) is 0 Å². The molecule has 0 fully saturated rings. The van der Waals surface area contributed by atoms with Gasteiger partial charge in [0.1, 0.15) is 0 Å². The molecule has 2 N–H and O–H groups in total. The van der Waals surface area contributed by atoms with Crippen LogP contribution in [-0.2, 0) is 15.6 Å². The number of anilines is 1. The second kappa shape index (κ2) is 5.66. The van der Waals surface area contributed by atoms with Crippen molar-refractivity contribution in [1.29, 1.82) is 0 Å². The molecule has 0 unspecified atom stereocenters. The Bertz CT molecular complexity index is 808. The summed E-state index contributed by atoms with van der Waals surface area (Å²) in [5, 5.41) is 10.6. The van der Waals surface area contributed by atoms with Gasteiger partial charge < -0.3 is 5.73 Å². The number of nitro groups is 1. The summed E-state index contributed by atoms with van der Waals surface area (Å²) in [6.45, 7) is 0. The van der Waals surface area contributed by atoms with E-state index in [2.05, 4.69) is 4.98 Å². The minimum absolute atomic E-state index is 0.0143. The summed E-state index contributed by atoms with van der Waals surface area (Å²) in [5.74, 6) is -0.405. The normalized spacial score (nSPS) is 11.3. The summed E-state index contributed by atoms with van der Waals surface area (Å²) in [7, 11) is -3.72. The molecular weight excluding hydrogens is 318 g/mol. The number of nitrogens with zero attached hydrogens (tertiary/aromatic N) is 2. The molecule has 110 valence electrons. The Morgan fingerprint density at radius 3 is 2.62 bits per heavy atom. The van der Waals surface area contributed by atoms with Crippen LogP contribution in [0.3, 0.4) is 0 Å². The van der Waals surface area contributed by atoms with E-state index in [0.717, 1.165) is 6.07 Å². The lowest BCUT2D eigenvalue weighted by Gasteiger charge is -2.08. The first-order chi connectivity index (χ1) is 9.81. The highest BCUT2D eigenvalue weighted by Crippen LogP contribution is 2.27. The average molecular weight is 328 g/mol. The van der Waals surface area contributed by atoms with Crippen LogP contribution in [0.5, 0.6) is 0 Å². The number of halogens is 1. The molecule has 0 radical (unpaired) electrons. The van der Waals surface area contributed by atoms with Gasteiger partial charge >= 0.3 is 0 Å². The van der Waals surface area contributed by atoms with E-state index < -0.39 is 20.5 Å². The molecule has 0 amide bonds. The molecule has 2 aromatic rings. The second-order valence-corrected chi connectivity index (χ2v) is 6.57. The Hall–Kier alpha value is -2.19. The SMILES string of the molecule is Nc1cnccc1S(=O)(=O)Cc1ccc([N+](=O)[O-])cc1Cl. The number of aromatic nitrogens is 1. The summed E-state index contributed by atoms with van der Waals surface area (Å²) in [6.07, 6.45) is 2.56. The van der Waals surface area contributed by atoms with Gasteiger partial charge in [-0.25, -0.2) is 8.42 Å². The molecule has 7 nitrogen and oxygen atoms in total. The first-order valence-electron chi connectivity index (χ1n) is 5.66. The number of nitrogens with two attached hydrogens (primary N) is 1. The Labute approximate surface area is 125 Å². The number of sulfone groups is 1. The maximum atomic E-state index is 12.3. The fraction of sp³-hybridized carbons (Fsp3) is 0.0833. The molecule has 1 aromatic carbocycles. The molecule has 0 bridgehead atoms. The number of benzene rings is 1. The predicted octanol–water partition coefficient (Wildman–Crippen LogP) is 2.20. The molecule has 0 spiro atoms. The molecule has 0 aliphatic rings. The van der Waals surface area contributed by atoms with E-state index in [-0.39, 0.29) is 26.9 Å². The second-order valence-electron chi connectivity index (χ2n) is 4.21. The van der Waals surface area contributed by atoms with Crippen LogP contribution in [0, 0.1) is 10.1 Å². The van der Waals surface area contributed by atoms with E-state index in [0.29, 0.717) is 0 Å². The Kier molecular flexibility index (Phi) is 4.10. The quantitative estimate of drug-likeness (QED) is 0.679. The van der Waals surface area contributed by atoms with Gasteiger partial charge in [0.15, 0.2) is 9.84 Å².